The van der Waals surface area contributed by atoms with Gasteiger partial charge in [0.15, 0.2) is 0 Å². The third-order valence-corrected chi connectivity index (χ3v) is 2.56. The quantitative estimate of drug-likeness (QED) is 0.761. The second-order valence-corrected chi connectivity index (χ2v) is 3.88. The van der Waals surface area contributed by atoms with Crippen molar-refractivity contribution < 1.29 is 9.18 Å². The van der Waals surface area contributed by atoms with Gasteiger partial charge in [0.25, 0.3) is 5.91 Å². The molecule has 0 bridgehead atoms. The van der Waals surface area contributed by atoms with E-state index in [0.717, 1.165) is 18.7 Å². The van der Waals surface area contributed by atoms with Gasteiger partial charge < -0.3 is 11.1 Å². The zero-order valence-electron chi connectivity index (χ0n) is 8.33. The molecule has 4 nitrogen and oxygen atoms in total. The minimum Gasteiger partial charge on any atom is -0.383 e. The number of rotatable bonds is 2. The van der Waals surface area contributed by atoms with Crippen molar-refractivity contribution in [3.63, 3.8) is 0 Å². The molecule has 1 aliphatic carbocycles. The first-order chi connectivity index (χ1) is 7.08. The highest BCUT2D eigenvalue weighted by atomic mass is 19.1. The van der Waals surface area contributed by atoms with Crippen LogP contribution in [0.2, 0.25) is 0 Å². The molecule has 1 fully saturated rings. The molecule has 1 aliphatic rings. The Morgan fingerprint density at radius 1 is 1.73 bits per heavy atom. The first-order valence-electron chi connectivity index (χ1n) is 4.80. The molecule has 1 aromatic rings. The van der Waals surface area contributed by atoms with Crippen molar-refractivity contribution in [2.45, 2.75) is 19.4 Å². The fraction of sp³-hybridized carbons (Fsp3) is 0.400. The number of hydrogen-bond donors (Lipinski definition) is 2. The molecule has 0 spiro atoms. The van der Waals surface area contributed by atoms with Crippen LogP contribution >= 0.6 is 0 Å². The summed E-state index contributed by atoms with van der Waals surface area (Å²) in [6.45, 7) is 2.04. The lowest BCUT2D eigenvalue weighted by Gasteiger charge is -2.05. The molecule has 2 rings (SSSR count). The van der Waals surface area contributed by atoms with Gasteiger partial charge in [0.2, 0.25) is 0 Å². The lowest BCUT2D eigenvalue weighted by Crippen LogP contribution is -2.27. The predicted octanol–water partition coefficient (Wildman–Crippen LogP) is 0.941. The Morgan fingerprint density at radius 2 is 2.40 bits per heavy atom. The number of hydrogen-bond acceptors (Lipinski definition) is 3. The number of carbonyl (C=O) groups is 1. The van der Waals surface area contributed by atoms with E-state index in [0.29, 0.717) is 5.92 Å². The van der Waals surface area contributed by atoms with E-state index in [1.807, 2.05) is 6.92 Å². The Kier molecular flexibility index (Phi) is 2.30. The van der Waals surface area contributed by atoms with Gasteiger partial charge in [-0.25, -0.2) is 9.37 Å². The highest BCUT2D eigenvalue weighted by molar-refractivity contribution is 5.98. The van der Waals surface area contributed by atoms with Crippen LogP contribution < -0.4 is 11.1 Å². The largest absolute Gasteiger partial charge is 0.383 e. The number of anilines is 1. The molecule has 1 aromatic heterocycles. The van der Waals surface area contributed by atoms with Crippen LogP contribution in [0.15, 0.2) is 12.3 Å². The van der Waals surface area contributed by atoms with Gasteiger partial charge in [0.05, 0.1) is 11.8 Å². The van der Waals surface area contributed by atoms with Crippen molar-refractivity contribution in [1.82, 2.24) is 10.3 Å². The van der Waals surface area contributed by atoms with Crippen LogP contribution in [0.4, 0.5) is 10.2 Å². The van der Waals surface area contributed by atoms with Gasteiger partial charge in [-0.05, 0) is 18.4 Å². The van der Waals surface area contributed by atoms with E-state index in [9.17, 15) is 9.18 Å². The van der Waals surface area contributed by atoms with Crippen LogP contribution in [0, 0.1) is 11.7 Å². The van der Waals surface area contributed by atoms with Gasteiger partial charge in [-0.3, -0.25) is 4.79 Å². The molecule has 1 saturated carbocycles. The van der Waals surface area contributed by atoms with E-state index in [1.165, 1.54) is 0 Å². The van der Waals surface area contributed by atoms with Crippen molar-refractivity contribution in [2.24, 2.45) is 5.92 Å². The van der Waals surface area contributed by atoms with E-state index in [-0.39, 0.29) is 23.3 Å². The van der Waals surface area contributed by atoms with E-state index < -0.39 is 5.82 Å². The number of amides is 1. The molecule has 0 aromatic carbocycles. The monoisotopic (exact) mass is 209 g/mol. The topological polar surface area (TPSA) is 68.0 Å². The second-order valence-electron chi connectivity index (χ2n) is 3.88. The Morgan fingerprint density at radius 3 is 3.00 bits per heavy atom. The fourth-order valence-electron chi connectivity index (χ4n) is 1.40. The summed E-state index contributed by atoms with van der Waals surface area (Å²) in [7, 11) is 0. The number of aromatic nitrogens is 1. The van der Waals surface area contributed by atoms with Gasteiger partial charge in [0.1, 0.15) is 11.6 Å². The molecule has 2 unspecified atom stereocenters. The SMILES string of the molecule is CC1CC1NC(=O)c1cc(F)cnc1N. The number of pyridine rings is 1. The summed E-state index contributed by atoms with van der Waals surface area (Å²) >= 11 is 0. The average molecular weight is 209 g/mol. The fourth-order valence-corrected chi connectivity index (χ4v) is 1.40. The average Bonchev–Trinajstić information content (AvgIpc) is 2.86. The molecule has 5 heteroatoms. The second kappa shape index (κ2) is 3.49. The highest BCUT2D eigenvalue weighted by Crippen LogP contribution is 2.29. The zero-order valence-corrected chi connectivity index (χ0v) is 8.33. The number of nitrogens with zero attached hydrogens (tertiary/aromatic N) is 1. The van der Waals surface area contributed by atoms with Gasteiger partial charge in [-0.2, -0.15) is 0 Å². The number of nitrogens with one attached hydrogen (secondary N) is 1. The molecule has 3 N–H and O–H groups in total. The molecule has 2 atom stereocenters. The van der Waals surface area contributed by atoms with Crippen molar-refractivity contribution in [3.8, 4) is 0 Å². The van der Waals surface area contributed by atoms with Crippen LogP contribution in [0.5, 0.6) is 0 Å². The summed E-state index contributed by atoms with van der Waals surface area (Å²) in [6.07, 6.45) is 1.96. The molecule has 0 saturated heterocycles. The highest BCUT2D eigenvalue weighted by Gasteiger charge is 2.34. The molecular weight excluding hydrogens is 197 g/mol. The van der Waals surface area contributed by atoms with E-state index in [4.69, 9.17) is 5.73 Å². The number of carbonyl (C=O) groups excluding carboxylic acids is 1. The molecule has 80 valence electrons. The number of halogens is 1. The maximum Gasteiger partial charge on any atom is 0.255 e. The Bertz CT molecular complexity index is 408. The van der Waals surface area contributed by atoms with Crippen LogP contribution in [0.25, 0.3) is 0 Å². The first-order valence-corrected chi connectivity index (χ1v) is 4.80. The van der Waals surface area contributed by atoms with Crippen LogP contribution in [-0.2, 0) is 0 Å². The molecular formula is C10H12FN3O. The molecule has 0 aliphatic heterocycles. The zero-order chi connectivity index (χ0) is 11.0. The van der Waals surface area contributed by atoms with Gasteiger partial charge >= 0.3 is 0 Å². The minimum absolute atomic E-state index is 0.0576. The molecule has 1 heterocycles. The van der Waals surface area contributed by atoms with Gasteiger partial charge in [-0.1, -0.05) is 6.92 Å². The Balaban J connectivity index is 2.14. The molecule has 0 radical (unpaired) electrons. The lowest BCUT2D eigenvalue weighted by atomic mass is 10.2. The molecule has 15 heavy (non-hydrogen) atoms. The van der Waals surface area contributed by atoms with E-state index >= 15 is 0 Å². The normalized spacial score (nSPS) is 23.6. The lowest BCUT2D eigenvalue weighted by molar-refractivity contribution is 0.0949. The Labute approximate surface area is 86.7 Å². The summed E-state index contributed by atoms with van der Waals surface area (Å²) in [6, 6.07) is 1.30. The molecule has 1 amide bonds. The van der Waals surface area contributed by atoms with Gasteiger partial charge in [0, 0.05) is 6.04 Å². The standard InChI is InChI=1S/C10H12FN3O/c1-5-2-8(5)14-10(15)7-3-6(11)4-13-9(7)12/h3-5,8H,2H2,1H3,(H2,12,13)(H,14,15). The van der Waals surface area contributed by atoms with Crippen LogP contribution in [0.3, 0.4) is 0 Å². The van der Waals surface area contributed by atoms with E-state index in [1.54, 1.807) is 0 Å². The number of nitrogen functional groups attached to an aromatic ring is 1. The minimum atomic E-state index is -0.557. The van der Waals surface area contributed by atoms with Crippen LogP contribution in [-0.4, -0.2) is 16.9 Å². The number of nitrogens with two attached hydrogens (primary N) is 1. The summed E-state index contributed by atoms with van der Waals surface area (Å²) < 4.78 is 12.8. The van der Waals surface area contributed by atoms with Crippen LogP contribution in [0.1, 0.15) is 23.7 Å². The third kappa shape index (κ3) is 2.06. The summed E-state index contributed by atoms with van der Waals surface area (Å²) in [5.41, 5.74) is 5.59. The maximum atomic E-state index is 12.8. The van der Waals surface area contributed by atoms with E-state index in [2.05, 4.69) is 10.3 Å². The summed E-state index contributed by atoms with van der Waals surface area (Å²) in [5, 5.41) is 2.76. The summed E-state index contributed by atoms with van der Waals surface area (Å²) in [5.74, 6) is -0.356. The van der Waals surface area contributed by atoms with Crippen molar-refractivity contribution in [3.05, 3.63) is 23.6 Å². The van der Waals surface area contributed by atoms with Gasteiger partial charge in [-0.15, -0.1) is 0 Å². The first kappa shape index (κ1) is 9.89. The van der Waals surface area contributed by atoms with Crippen molar-refractivity contribution in [2.75, 3.05) is 5.73 Å². The maximum absolute atomic E-state index is 12.8. The van der Waals surface area contributed by atoms with Crippen molar-refractivity contribution >= 4 is 11.7 Å². The predicted molar refractivity (Wildman–Crippen MR) is 53.6 cm³/mol. The Hall–Kier alpha value is -1.65. The summed E-state index contributed by atoms with van der Waals surface area (Å²) in [4.78, 5) is 15.2. The van der Waals surface area contributed by atoms with Crippen molar-refractivity contribution in [1.29, 1.82) is 0 Å². The smallest absolute Gasteiger partial charge is 0.255 e. The third-order valence-electron chi connectivity index (χ3n) is 2.56.